The highest BCUT2D eigenvalue weighted by atomic mass is 19.1. The Balaban J connectivity index is 1.91. The molecule has 1 aromatic carbocycles. The maximum atomic E-state index is 13.1. The van der Waals surface area contributed by atoms with Crippen molar-refractivity contribution in [3.8, 4) is 5.69 Å². The highest BCUT2D eigenvalue weighted by molar-refractivity contribution is 5.96. The molecule has 0 unspecified atom stereocenters. The number of nitrogens with zero attached hydrogens (tertiary/aromatic N) is 4. The quantitative estimate of drug-likeness (QED) is 0.851. The van der Waals surface area contributed by atoms with E-state index in [1.165, 1.54) is 12.1 Å². The molecular weight excluding hydrogens is 295 g/mol. The van der Waals surface area contributed by atoms with Gasteiger partial charge in [0.25, 0.3) is 5.91 Å². The van der Waals surface area contributed by atoms with Crippen LogP contribution in [-0.2, 0) is 0 Å². The first-order valence-corrected chi connectivity index (χ1v) is 7.77. The Hall–Kier alpha value is -2.21. The lowest BCUT2D eigenvalue weighted by atomic mass is 10.1. The molecule has 0 spiro atoms. The molecule has 0 N–H and O–H groups in total. The molecule has 2 heterocycles. The minimum atomic E-state index is -0.288. The number of hydrogen-bond acceptors (Lipinski definition) is 3. The second kappa shape index (κ2) is 6.12. The van der Waals surface area contributed by atoms with E-state index in [0.717, 1.165) is 37.6 Å². The predicted octanol–water partition coefficient (Wildman–Crippen LogP) is 2.02. The minimum absolute atomic E-state index is 0.0291. The number of aryl methyl sites for hydroxylation is 1. The summed E-state index contributed by atoms with van der Waals surface area (Å²) in [7, 11) is 2.06. The van der Waals surface area contributed by atoms with Gasteiger partial charge in [-0.05, 0) is 45.2 Å². The molecule has 122 valence electrons. The van der Waals surface area contributed by atoms with Gasteiger partial charge < -0.3 is 9.80 Å². The number of hydrogen-bond donors (Lipinski definition) is 0. The number of carbonyl (C=O) groups excluding carboxylic acids is 1. The molecule has 6 heteroatoms. The molecular formula is C17H21FN4O. The van der Waals surface area contributed by atoms with Crippen molar-refractivity contribution in [1.82, 2.24) is 19.6 Å². The number of benzene rings is 1. The van der Waals surface area contributed by atoms with E-state index in [1.807, 2.05) is 18.7 Å². The molecule has 1 aliphatic heterocycles. The van der Waals surface area contributed by atoms with E-state index in [4.69, 9.17) is 0 Å². The summed E-state index contributed by atoms with van der Waals surface area (Å²) in [5, 5.41) is 4.48. The Bertz CT molecular complexity index is 715. The molecule has 5 nitrogen and oxygen atoms in total. The van der Waals surface area contributed by atoms with Gasteiger partial charge in [0.15, 0.2) is 0 Å². The maximum absolute atomic E-state index is 13.1. The normalized spacial score (nSPS) is 15.9. The van der Waals surface area contributed by atoms with E-state index in [9.17, 15) is 9.18 Å². The summed E-state index contributed by atoms with van der Waals surface area (Å²) in [6.45, 7) is 6.96. The standard InChI is InChI=1S/C17H21FN4O/c1-12-16(17(23)21-10-8-20(3)9-11-21)13(2)22(19-12)15-6-4-14(18)5-7-15/h4-7H,8-11H2,1-3H3. The summed E-state index contributed by atoms with van der Waals surface area (Å²) < 4.78 is 14.8. The molecule has 3 rings (SSSR count). The van der Waals surface area contributed by atoms with Gasteiger partial charge in [-0.2, -0.15) is 5.10 Å². The van der Waals surface area contributed by atoms with Gasteiger partial charge in [0, 0.05) is 26.2 Å². The van der Waals surface area contributed by atoms with Crippen molar-refractivity contribution in [1.29, 1.82) is 0 Å². The lowest BCUT2D eigenvalue weighted by Gasteiger charge is -2.32. The van der Waals surface area contributed by atoms with Crippen molar-refractivity contribution in [2.45, 2.75) is 13.8 Å². The zero-order valence-corrected chi connectivity index (χ0v) is 13.7. The van der Waals surface area contributed by atoms with E-state index < -0.39 is 0 Å². The summed E-state index contributed by atoms with van der Waals surface area (Å²) in [6, 6.07) is 6.12. The second-order valence-corrected chi connectivity index (χ2v) is 6.03. The molecule has 23 heavy (non-hydrogen) atoms. The molecule has 0 radical (unpaired) electrons. The van der Waals surface area contributed by atoms with Gasteiger partial charge in [0.1, 0.15) is 5.82 Å². The Morgan fingerprint density at radius 3 is 2.30 bits per heavy atom. The number of aromatic nitrogens is 2. The molecule has 1 aliphatic rings. The third kappa shape index (κ3) is 2.99. The summed E-state index contributed by atoms with van der Waals surface area (Å²) in [5.41, 5.74) is 2.90. The zero-order chi connectivity index (χ0) is 16.6. The lowest BCUT2D eigenvalue weighted by molar-refractivity contribution is 0.0662. The van der Waals surface area contributed by atoms with Crippen LogP contribution in [0.4, 0.5) is 4.39 Å². The molecule has 2 aromatic rings. The van der Waals surface area contributed by atoms with Gasteiger partial charge in [0.2, 0.25) is 0 Å². The number of halogens is 1. The summed E-state index contributed by atoms with van der Waals surface area (Å²) in [4.78, 5) is 16.9. The summed E-state index contributed by atoms with van der Waals surface area (Å²) in [6.07, 6.45) is 0. The van der Waals surface area contributed by atoms with Crippen molar-refractivity contribution in [2.75, 3.05) is 33.2 Å². The predicted molar refractivity (Wildman–Crippen MR) is 86.4 cm³/mol. The van der Waals surface area contributed by atoms with E-state index in [0.29, 0.717) is 11.3 Å². The Morgan fingerprint density at radius 2 is 1.70 bits per heavy atom. The van der Waals surface area contributed by atoms with E-state index in [1.54, 1.807) is 16.8 Å². The van der Waals surface area contributed by atoms with Gasteiger partial charge >= 0.3 is 0 Å². The average molecular weight is 316 g/mol. The van der Waals surface area contributed by atoms with Crippen LogP contribution in [0.15, 0.2) is 24.3 Å². The largest absolute Gasteiger partial charge is 0.336 e. The minimum Gasteiger partial charge on any atom is -0.336 e. The molecule has 1 amide bonds. The van der Waals surface area contributed by atoms with Crippen molar-refractivity contribution in [3.63, 3.8) is 0 Å². The van der Waals surface area contributed by atoms with Crippen molar-refractivity contribution in [2.24, 2.45) is 0 Å². The monoisotopic (exact) mass is 316 g/mol. The van der Waals surface area contributed by atoms with Crippen LogP contribution in [-0.4, -0.2) is 58.7 Å². The zero-order valence-electron chi connectivity index (χ0n) is 13.7. The van der Waals surface area contributed by atoms with Crippen molar-refractivity contribution in [3.05, 3.63) is 47.0 Å². The fourth-order valence-corrected chi connectivity index (χ4v) is 2.95. The number of amides is 1. The lowest BCUT2D eigenvalue weighted by Crippen LogP contribution is -2.47. The Morgan fingerprint density at radius 1 is 1.09 bits per heavy atom. The summed E-state index contributed by atoms with van der Waals surface area (Å²) in [5.74, 6) is -0.259. The SMILES string of the molecule is Cc1nn(-c2ccc(F)cc2)c(C)c1C(=O)N1CCN(C)CC1. The van der Waals surface area contributed by atoms with Crippen LogP contribution in [0.2, 0.25) is 0 Å². The van der Waals surface area contributed by atoms with Gasteiger partial charge in [-0.15, -0.1) is 0 Å². The molecule has 1 saturated heterocycles. The van der Waals surface area contributed by atoms with Crippen molar-refractivity contribution >= 4 is 5.91 Å². The average Bonchev–Trinajstić information content (AvgIpc) is 2.83. The molecule has 0 aliphatic carbocycles. The highest BCUT2D eigenvalue weighted by Gasteiger charge is 2.26. The molecule has 0 saturated carbocycles. The van der Waals surface area contributed by atoms with E-state index in [2.05, 4.69) is 17.0 Å². The van der Waals surface area contributed by atoms with Crippen LogP contribution in [0.1, 0.15) is 21.7 Å². The molecule has 0 atom stereocenters. The summed E-state index contributed by atoms with van der Waals surface area (Å²) >= 11 is 0. The van der Waals surface area contributed by atoms with E-state index in [-0.39, 0.29) is 11.7 Å². The fourth-order valence-electron chi connectivity index (χ4n) is 2.95. The van der Waals surface area contributed by atoms with Gasteiger partial charge in [-0.1, -0.05) is 0 Å². The Kier molecular flexibility index (Phi) is 4.17. The Labute approximate surface area is 135 Å². The molecule has 0 bridgehead atoms. The number of piperazine rings is 1. The van der Waals surface area contributed by atoms with E-state index >= 15 is 0 Å². The number of carbonyl (C=O) groups is 1. The van der Waals surface area contributed by atoms with Crippen LogP contribution < -0.4 is 0 Å². The smallest absolute Gasteiger partial charge is 0.257 e. The van der Waals surface area contributed by atoms with Crippen LogP contribution in [0.3, 0.4) is 0 Å². The van der Waals surface area contributed by atoms with Crippen LogP contribution in [0, 0.1) is 19.7 Å². The highest BCUT2D eigenvalue weighted by Crippen LogP contribution is 2.20. The number of likely N-dealkylation sites (N-methyl/N-ethyl adjacent to an activating group) is 1. The first-order valence-electron chi connectivity index (χ1n) is 7.77. The topological polar surface area (TPSA) is 41.4 Å². The third-order valence-electron chi connectivity index (χ3n) is 4.37. The third-order valence-corrected chi connectivity index (χ3v) is 4.37. The molecule has 1 aromatic heterocycles. The second-order valence-electron chi connectivity index (χ2n) is 6.03. The number of rotatable bonds is 2. The van der Waals surface area contributed by atoms with Gasteiger partial charge in [-0.25, -0.2) is 9.07 Å². The molecule has 1 fully saturated rings. The van der Waals surface area contributed by atoms with Crippen molar-refractivity contribution < 1.29 is 9.18 Å². The first kappa shape index (κ1) is 15.7. The fraction of sp³-hybridized carbons (Fsp3) is 0.412. The van der Waals surface area contributed by atoms with Gasteiger partial charge in [0.05, 0.1) is 22.6 Å². The maximum Gasteiger partial charge on any atom is 0.257 e. The van der Waals surface area contributed by atoms with Crippen LogP contribution in [0.25, 0.3) is 5.69 Å². The van der Waals surface area contributed by atoms with Gasteiger partial charge in [-0.3, -0.25) is 4.79 Å². The van der Waals surface area contributed by atoms with Crippen LogP contribution >= 0.6 is 0 Å². The van der Waals surface area contributed by atoms with Crippen LogP contribution in [0.5, 0.6) is 0 Å². The first-order chi connectivity index (χ1) is 11.0.